The van der Waals surface area contributed by atoms with E-state index in [-0.39, 0.29) is 5.54 Å². The van der Waals surface area contributed by atoms with Gasteiger partial charge in [-0.3, -0.25) is 9.58 Å². The molecular weight excluding hydrogens is 178 g/mol. The highest BCUT2D eigenvalue weighted by Gasteiger charge is 2.22. The van der Waals surface area contributed by atoms with Gasteiger partial charge in [0.25, 0.3) is 0 Å². The fourth-order valence-electron chi connectivity index (χ4n) is 1.05. The van der Waals surface area contributed by atoms with E-state index in [1.165, 1.54) is 0 Å². The number of hydrogen-bond acceptors (Lipinski definition) is 4. The second-order valence-electron chi connectivity index (χ2n) is 4.17. The molecule has 0 atom stereocenters. The predicted molar refractivity (Wildman–Crippen MR) is 55.6 cm³/mol. The molecule has 5 nitrogen and oxygen atoms in total. The molecule has 2 N–H and O–H groups in total. The zero-order valence-electron chi connectivity index (χ0n) is 9.36. The van der Waals surface area contributed by atoms with E-state index >= 15 is 0 Å². The van der Waals surface area contributed by atoms with Crippen molar-refractivity contribution in [1.29, 1.82) is 0 Å². The normalized spacial score (nSPS) is 12.4. The van der Waals surface area contributed by atoms with Crippen molar-refractivity contribution in [3.63, 3.8) is 0 Å². The topological polar surface area (TPSA) is 60.0 Å². The smallest absolute Gasteiger partial charge is 0.140 e. The highest BCUT2D eigenvalue weighted by atomic mass is 15.3. The molecule has 0 bridgehead atoms. The minimum atomic E-state index is -0.00799. The average Bonchev–Trinajstić information content (AvgIpc) is 2.52. The Morgan fingerprint density at radius 1 is 1.57 bits per heavy atom. The summed E-state index contributed by atoms with van der Waals surface area (Å²) in [6, 6.07) is 0. The van der Waals surface area contributed by atoms with Crippen LogP contribution in [0.5, 0.6) is 0 Å². The van der Waals surface area contributed by atoms with Crippen molar-refractivity contribution in [1.82, 2.24) is 19.7 Å². The van der Waals surface area contributed by atoms with Gasteiger partial charge >= 0.3 is 0 Å². The third kappa shape index (κ3) is 2.30. The standard InChI is InChI=1S/C9H19N5/c1-9(2,6-10)13(3)5-8-11-7-12-14(8)4/h7H,5-6,10H2,1-4H3. The molecular formula is C9H19N5. The van der Waals surface area contributed by atoms with E-state index in [0.29, 0.717) is 6.54 Å². The Morgan fingerprint density at radius 2 is 2.21 bits per heavy atom. The van der Waals surface area contributed by atoms with Crippen molar-refractivity contribution in [2.45, 2.75) is 25.9 Å². The lowest BCUT2D eigenvalue weighted by atomic mass is 10.0. The lowest BCUT2D eigenvalue weighted by Crippen LogP contribution is -2.46. The second-order valence-corrected chi connectivity index (χ2v) is 4.17. The van der Waals surface area contributed by atoms with Crippen LogP contribution in [0, 0.1) is 0 Å². The summed E-state index contributed by atoms with van der Waals surface area (Å²) in [4.78, 5) is 6.35. The average molecular weight is 197 g/mol. The van der Waals surface area contributed by atoms with Crippen LogP contribution in [0.4, 0.5) is 0 Å². The maximum absolute atomic E-state index is 5.69. The van der Waals surface area contributed by atoms with Gasteiger partial charge in [0.05, 0.1) is 6.54 Å². The van der Waals surface area contributed by atoms with Crippen LogP contribution in [0.3, 0.4) is 0 Å². The molecule has 5 heteroatoms. The lowest BCUT2D eigenvalue weighted by molar-refractivity contribution is 0.150. The van der Waals surface area contributed by atoms with Crippen LogP contribution in [-0.4, -0.2) is 38.8 Å². The van der Waals surface area contributed by atoms with Gasteiger partial charge in [0.2, 0.25) is 0 Å². The van der Waals surface area contributed by atoms with Crippen LogP contribution in [0.1, 0.15) is 19.7 Å². The monoisotopic (exact) mass is 197 g/mol. The van der Waals surface area contributed by atoms with Gasteiger partial charge in [-0.1, -0.05) is 0 Å². The van der Waals surface area contributed by atoms with E-state index in [4.69, 9.17) is 5.73 Å². The predicted octanol–water partition coefficient (Wildman–Crippen LogP) is -0.0158. The molecule has 0 saturated heterocycles. The summed E-state index contributed by atoms with van der Waals surface area (Å²) in [6.07, 6.45) is 1.57. The van der Waals surface area contributed by atoms with Gasteiger partial charge in [0, 0.05) is 19.1 Å². The Kier molecular flexibility index (Phi) is 3.23. The van der Waals surface area contributed by atoms with Crippen molar-refractivity contribution in [2.75, 3.05) is 13.6 Å². The summed E-state index contributed by atoms with van der Waals surface area (Å²) in [5.41, 5.74) is 5.68. The summed E-state index contributed by atoms with van der Waals surface area (Å²) < 4.78 is 1.78. The Morgan fingerprint density at radius 3 is 2.64 bits per heavy atom. The van der Waals surface area contributed by atoms with E-state index in [1.54, 1.807) is 11.0 Å². The molecule has 1 heterocycles. The van der Waals surface area contributed by atoms with Gasteiger partial charge in [0.1, 0.15) is 12.2 Å². The molecule has 14 heavy (non-hydrogen) atoms. The van der Waals surface area contributed by atoms with Crippen LogP contribution >= 0.6 is 0 Å². The van der Waals surface area contributed by atoms with Crippen LogP contribution in [0.2, 0.25) is 0 Å². The number of nitrogens with two attached hydrogens (primary N) is 1. The highest BCUT2D eigenvalue weighted by Crippen LogP contribution is 2.12. The molecule has 0 saturated carbocycles. The number of aryl methyl sites for hydroxylation is 1. The van der Waals surface area contributed by atoms with E-state index in [9.17, 15) is 0 Å². The number of nitrogens with zero attached hydrogens (tertiary/aromatic N) is 4. The van der Waals surface area contributed by atoms with Gasteiger partial charge in [-0.25, -0.2) is 4.98 Å². The molecule has 0 fully saturated rings. The molecule has 0 radical (unpaired) electrons. The Balaban J connectivity index is 2.66. The van der Waals surface area contributed by atoms with Gasteiger partial charge < -0.3 is 5.73 Å². The molecule has 0 aromatic carbocycles. The molecule has 1 aromatic heterocycles. The summed E-state index contributed by atoms with van der Waals surface area (Å²) in [7, 11) is 3.94. The second kappa shape index (κ2) is 4.06. The van der Waals surface area contributed by atoms with Gasteiger partial charge in [-0.2, -0.15) is 5.10 Å². The maximum Gasteiger partial charge on any atom is 0.140 e. The van der Waals surface area contributed by atoms with Gasteiger partial charge in [0.15, 0.2) is 0 Å². The quantitative estimate of drug-likeness (QED) is 0.737. The van der Waals surface area contributed by atoms with Crippen molar-refractivity contribution < 1.29 is 0 Å². The van der Waals surface area contributed by atoms with E-state index in [2.05, 4.69) is 28.8 Å². The lowest BCUT2D eigenvalue weighted by Gasteiger charge is -2.33. The van der Waals surface area contributed by atoms with Crippen molar-refractivity contribution in [3.05, 3.63) is 12.2 Å². The molecule has 0 spiro atoms. The third-order valence-electron chi connectivity index (χ3n) is 2.72. The number of likely N-dealkylation sites (N-methyl/N-ethyl adjacent to an activating group) is 1. The van der Waals surface area contributed by atoms with Crippen LogP contribution in [0.25, 0.3) is 0 Å². The Labute approximate surface area is 84.9 Å². The molecule has 80 valence electrons. The van der Waals surface area contributed by atoms with Gasteiger partial charge in [-0.15, -0.1) is 0 Å². The number of hydrogen-bond donors (Lipinski definition) is 1. The fraction of sp³-hybridized carbons (Fsp3) is 0.778. The first-order valence-corrected chi connectivity index (χ1v) is 4.71. The molecule has 1 aromatic rings. The van der Waals surface area contributed by atoms with Crippen LogP contribution in [-0.2, 0) is 13.6 Å². The number of rotatable bonds is 4. The molecule has 0 unspecified atom stereocenters. The number of aromatic nitrogens is 3. The van der Waals surface area contributed by atoms with E-state index < -0.39 is 0 Å². The fourth-order valence-corrected chi connectivity index (χ4v) is 1.05. The Bertz CT molecular complexity index is 291. The van der Waals surface area contributed by atoms with Crippen molar-refractivity contribution >= 4 is 0 Å². The first-order valence-electron chi connectivity index (χ1n) is 4.71. The molecule has 0 aliphatic carbocycles. The van der Waals surface area contributed by atoms with Gasteiger partial charge in [-0.05, 0) is 20.9 Å². The van der Waals surface area contributed by atoms with Crippen LogP contribution < -0.4 is 5.73 Å². The van der Waals surface area contributed by atoms with Crippen molar-refractivity contribution in [3.8, 4) is 0 Å². The first-order chi connectivity index (χ1) is 6.47. The van der Waals surface area contributed by atoms with Crippen molar-refractivity contribution in [2.24, 2.45) is 12.8 Å². The molecule has 0 aliphatic heterocycles. The minimum absolute atomic E-state index is 0.00799. The largest absolute Gasteiger partial charge is 0.329 e. The first kappa shape index (κ1) is 11.1. The highest BCUT2D eigenvalue weighted by molar-refractivity contribution is 4.88. The molecule has 0 aliphatic rings. The third-order valence-corrected chi connectivity index (χ3v) is 2.72. The zero-order chi connectivity index (χ0) is 10.8. The summed E-state index contributed by atoms with van der Waals surface area (Å²) in [6.45, 7) is 5.62. The Hall–Kier alpha value is -0.940. The minimum Gasteiger partial charge on any atom is -0.329 e. The maximum atomic E-state index is 5.69. The summed E-state index contributed by atoms with van der Waals surface area (Å²) in [5, 5.41) is 4.03. The SMILES string of the molecule is CN(Cc1ncnn1C)C(C)(C)CN. The molecule has 0 amide bonds. The molecule has 1 rings (SSSR count). The zero-order valence-corrected chi connectivity index (χ0v) is 9.36. The summed E-state index contributed by atoms with van der Waals surface area (Å²) >= 11 is 0. The van der Waals surface area contributed by atoms with E-state index in [1.807, 2.05) is 14.1 Å². The van der Waals surface area contributed by atoms with Crippen LogP contribution in [0.15, 0.2) is 6.33 Å². The van der Waals surface area contributed by atoms with E-state index in [0.717, 1.165) is 12.4 Å². The summed E-state index contributed by atoms with van der Waals surface area (Å²) in [5.74, 6) is 0.953.